The molecule has 0 heterocycles. The van der Waals surface area contributed by atoms with Gasteiger partial charge in [0, 0.05) is 12.1 Å². The summed E-state index contributed by atoms with van der Waals surface area (Å²) in [6.45, 7) is 5.37. The van der Waals surface area contributed by atoms with Crippen molar-refractivity contribution in [3.63, 3.8) is 0 Å². The zero-order valence-electron chi connectivity index (χ0n) is 14.5. The highest BCUT2D eigenvalue weighted by molar-refractivity contribution is 5.94. The fraction of sp³-hybridized carbons (Fsp3) is 0.350. The van der Waals surface area contributed by atoms with Crippen LogP contribution in [-0.2, 0) is 6.42 Å². The highest BCUT2D eigenvalue weighted by Crippen LogP contribution is 2.28. The molecule has 24 heavy (non-hydrogen) atoms. The van der Waals surface area contributed by atoms with Crippen LogP contribution in [0.1, 0.15) is 29.8 Å². The summed E-state index contributed by atoms with van der Waals surface area (Å²) in [5.74, 6) is 1.55. The average Bonchev–Trinajstić information content (AvgIpc) is 2.60. The van der Waals surface area contributed by atoms with Gasteiger partial charge in [0.2, 0.25) is 0 Å². The predicted molar refractivity (Wildman–Crippen MR) is 95.8 cm³/mol. The zero-order valence-corrected chi connectivity index (χ0v) is 14.5. The summed E-state index contributed by atoms with van der Waals surface area (Å²) in [6.07, 6.45) is 0.805. The van der Waals surface area contributed by atoms with E-state index in [1.807, 2.05) is 18.2 Å². The molecule has 4 heteroatoms. The van der Waals surface area contributed by atoms with Crippen molar-refractivity contribution in [2.24, 2.45) is 5.92 Å². The molecule has 2 aromatic rings. The Hall–Kier alpha value is -2.49. The van der Waals surface area contributed by atoms with Crippen molar-refractivity contribution in [3.05, 3.63) is 59.7 Å². The summed E-state index contributed by atoms with van der Waals surface area (Å²) < 4.78 is 11.0. The number of benzene rings is 2. The van der Waals surface area contributed by atoms with Crippen LogP contribution in [0.2, 0.25) is 0 Å². The first-order chi connectivity index (χ1) is 11.6. The van der Waals surface area contributed by atoms with Gasteiger partial charge in [0.15, 0.2) is 11.5 Å². The van der Waals surface area contributed by atoms with E-state index in [0.717, 1.165) is 6.42 Å². The van der Waals surface area contributed by atoms with E-state index >= 15 is 0 Å². The molecule has 2 rings (SSSR count). The Labute approximate surface area is 143 Å². The minimum atomic E-state index is -0.111. The van der Waals surface area contributed by atoms with Gasteiger partial charge in [-0.1, -0.05) is 44.2 Å². The van der Waals surface area contributed by atoms with Gasteiger partial charge in [-0.15, -0.1) is 0 Å². The summed E-state index contributed by atoms with van der Waals surface area (Å²) in [5.41, 5.74) is 1.77. The molecule has 0 aliphatic carbocycles. The monoisotopic (exact) mass is 327 g/mol. The van der Waals surface area contributed by atoms with Crippen LogP contribution in [0.3, 0.4) is 0 Å². The van der Waals surface area contributed by atoms with Crippen LogP contribution in [0, 0.1) is 5.92 Å². The molecule has 0 aliphatic heterocycles. The van der Waals surface area contributed by atoms with Crippen molar-refractivity contribution in [3.8, 4) is 11.5 Å². The maximum atomic E-state index is 12.3. The van der Waals surface area contributed by atoms with Gasteiger partial charge in [-0.3, -0.25) is 4.79 Å². The maximum Gasteiger partial charge on any atom is 0.251 e. The molecule has 0 aliphatic rings. The van der Waals surface area contributed by atoms with Gasteiger partial charge in [-0.05, 0) is 36.1 Å². The molecular formula is C20H25NO3. The van der Waals surface area contributed by atoms with E-state index in [0.29, 0.717) is 36.1 Å². The fourth-order valence-electron chi connectivity index (χ4n) is 2.25. The SMILES string of the molecule is COc1cc(C(=O)NCCc2ccccc2)ccc1OCC(C)C. The second-order valence-corrected chi connectivity index (χ2v) is 6.06. The lowest BCUT2D eigenvalue weighted by Gasteiger charge is -2.13. The van der Waals surface area contributed by atoms with Crippen molar-refractivity contribution in [2.45, 2.75) is 20.3 Å². The topological polar surface area (TPSA) is 47.6 Å². The van der Waals surface area contributed by atoms with Crippen molar-refractivity contribution in [1.29, 1.82) is 0 Å². The number of methoxy groups -OCH3 is 1. The number of hydrogen-bond acceptors (Lipinski definition) is 3. The van der Waals surface area contributed by atoms with E-state index < -0.39 is 0 Å². The second-order valence-electron chi connectivity index (χ2n) is 6.06. The van der Waals surface area contributed by atoms with Crippen LogP contribution in [0.15, 0.2) is 48.5 Å². The minimum Gasteiger partial charge on any atom is -0.493 e. The number of carbonyl (C=O) groups excluding carboxylic acids is 1. The molecule has 0 saturated carbocycles. The third kappa shape index (κ3) is 5.30. The van der Waals surface area contributed by atoms with Crippen LogP contribution >= 0.6 is 0 Å². The fourth-order valence-corrected chi connectivity index (χ4v) is 2.25. The highest BCUT2D eigenvalue weighted by Gasteiger charge is 2.11. The van der Waals surface area contributed by atoms with Crippen LogP contribution in [-0.4, -0.2) is 26.2 Å². The summed E-state index contributed by atoms with van der Waals surface area (Å²) in [5, 5.41) is 2.93. The molecule has 0 radical (unpaired) electrons. The standard InChI is InChI=1S/C20H25NO3/c1-15(2)14-24-18-10-9-17(13-19(18)23-3)20(22)21-12-11-16-7-5-4-6-8-16/h4-10,13,15H,11-12,14H2,1-3H3,(H,21,22). The van der Waals surface area contributed by atoms with Crippen molar-refractivity contribution in [2.75, 3.05) is 20.3 Å². The minimum absolute atomic E-state index is 0.111. The number of nitrogens with one attached hydrogen (secondary N) is 1. The third-order valence-electron chi connectivity index (χ3n) is 3.54. The second kappa shape index (κ2) is 8.96. The zero-order chi connectivity index (χ0) is 17.4. The number of hydrogen-bond donors (Lipinski definition) is 1. The number of amides is 1. The molecule has 0 unspecified atom stereocenters. The van der Waals surface area contributed by atoms with E-state index in [1.54, 1.807) is 25.3 Å². The lowest BCUT2D eigenvalue weighted by atomic mass is 10.1. The molecule has 1 amide bonds. The van der Waals surface area contributed by atoms with Gasteiger partial charge in [0.1, 0.15) is 0 Å². The number of ether oxygens (including phenoxy) is 2. The largest absolute Gasteiger partial charge is 0.493 e. The molecular weight excluding hydrogens is 302 g/mol. The van der Waals surface area contributed by atoms with Gasteiger partial charge in [-0.2, -0.15) is 0 Å². The molecule has 128 valence electrons. The Morgan fingerprint density at radius 3 is 2.50 bits per heavy atom. The first kappa shape index (κ1) is 17.9. The lowest BCUT2D eigenvalue weighted by Crippen LogP contribution is -2.25. The average molecular weight is 327 g/mol. The van der Waals surface area contributed by atoms with Crippen LogP contribution in [0.25, 0.3) is 0 Å². The molecule has 0 fully saturated rings. The van der Waals surface area contributed by atoms with E-state index in [1.165, 1.54) is 5.56 Å². The van der Waals surface area contributed by atoms with E-state index in [2.05, 4.69) is 31.3 Å². The molecule has 0 atom stereocenters. The Morgan fingerprint density at radius 1 is 1.08 bits per heavy atom. The Bertz CT molecular complexity index is 653. The summed E-state index contributed by atoms with van der Waals surface area (Å²) in [4.78, 5) is 12.3. The van der Waals surface area contributed by atoms with Crippen molar-refractivity contribution < 1.29 is 14.3 Å². The third-order valence-corrected chi connectivity index (χ3v) is 3.54. The summed E-state index contributed by atoms with van der Waals surface area (Å²) in [7, 11) is 1.58. The van der Waals surface area contributed by atoms with Crippen LogP contribution in [0.5, 0.6) is 11.5 Å². The molecule has 4 nitrogen and oxygen atoms in total. The Kier molecular flexibility index (Phi) is 6.67. The van der Waals surface area contributed by atoms with Crippen molar-refractivity contribution in [1.82, 2.24) is 5.32 Å². The van der Waals surface area contributed by atoms with E-state index in [9.17, 15) is 4.79 Å². The molecule has 1 N–H and O–H groups in total. The smallest absolute Gasteiger partial charge is 0.251 e. The molecule has 2 aromatic carbocycles. The van der Waals surface area contributed by atoms with Crippen LogP contribution in [0.4, 0.5) is 0 Å². The van der Waals surface area contributed by atoms with Gasteiger partial charge >= 0.3 is 0 Å². The molecule has 0 saturated heterocycles. The number of rotatable bonds is 8. The summed E-state index contributed by atoms with van der Waals surface area (Å²) in [6, 6.07) is 15.3. The van der Waals surface area contributed by atoms with Gasteiger partial charge in [-0.25, -0.2) is 0 Å². The molecule has 0 aromatic heterocycles. The van der Waals surface area contributed by atoms with E-state index in [4.69, 9.17) is 9.47 Å². The number of carbonyl (C=O) groups is 1. The predicted octanol–water partition coefficient (Wildman–Crippen LogP) is 3.70. The lowest BCUT2D eigenvalue weighted by molar-refractivity contribution is 0.0953. The van der Waals surface area contributed by atoms with Gasteiger partial charge in [0.05, 0.1) is 13.7 Å². The molecule has 0 bridgehead atoms. The van der Waals surface area contributed by atoms with Gasteiger partial charge < -0.3 is 14.8 Å². The Balaban J connectivity index is 1.94. The first-order valence-corrected chi connectivity index (χ1v) is 8.23. The Morgan fingerprint density at radius 2 is 1.83 bits per heavy atom. The normalized spacial score (nSPS) is 10.5. The van der Waals surface area contributed by atoms with Crippen molar-refractivity contribution >= 4 is 5.91 Å². The quantitative estimate of drug-likeness (QED) is 0.804. The first-order valence-electron chi connectivity index (χ1n) is 8.23. The molecule has 0 spiro atoms. The maximum absolute atomic E-state index is 12.3. The van der Waals surface area contributed by atoms with E-state index in [-0.39, 0.29) is 5.91 Å². The van der Waals surface area contributed by atoms with Crippen LogP contribution < -0.4 is 14.8 Å². The highest BCUT2D eigenvalue weighted by atomic mass is 16.5. The summed E-state index contributed by atoms with van der Waals surface area (Å²) >= 11 is 0. The van der Waals surface area contributed by atoms with Gasteiger partial charge in [0.25, 0.3) is 5.91 Å².